The number of anilines is 1. The number of rotatable bonds is 6. The Morgan fingerprint density at radius 1 is 1.13 bits per heavy atom. The third kappa shape index (κ3) is 5.71. The summed E-state index contributed by atoms with van der Waals surface area (Å²) in [6.07, 6.45) is 1.25. The zero-order chi connectivity index (χ0) is 22.8. The summed E-state index contributed by atoms with van der Waals surface area (Å²) in [6, 6.07) is 11.1. The number of hydrogen-bond acceptors (Lipinski definition) is 5. The fraction of sp³-hybridized carbons (Fsp3) is 0.409. The second kappa shape index (κ2) is 9.36. The van der Waals surface area contributed by atoms with E-state index in [0.29, 0.717) is 18.5 Å². The maximum Gasteiger partial charge on any atom is 0.332 e. The van der Waals surface area contributed by atoms with E-state index in [4.69, 9.17) is 32.7 Å². The fourth-order valence-corrected chi connectivity index (χ4v) is 5.54. The molecule has 0 amide bonds. The highest BCUT2D eigenvalue weighted by atomic mass is 35.5. The van der Waals surface area contributed by atoms with Gasteiger partial charge in [-0.1, -0.05) is 41.4 Å². The molecule has 31 heavy (non-hydrogen) atoms. The number of halogens is 2. The van der Waals surface area contributed by atoms with Crippen LogP contribution in [0.4, 0.5) is 5.69 Å². The van der Waals surface area contributed by atoms with E-state index in [1.807, 2.05) is 12.1 Å². The molecule has 168 valence electrons. The number of carbonyl (C=O) groups is 1. The molecule has 1 atom stereocenters. The predicted octanol–water partition coefficient (Wildman–Crippen LogP) is 4.86. The molecule has 0 radical (unpaired) electrons. The van der Waals surface area contributed by atoms with Crippen molar-refractivity contribution in [2.45, 2.75) is 50.2 Å². The summed E-state index contributed by atoms with van der Waals surface area (Å²) in [5, 5.41) is 0.433. The number of fused-ring (bicyclic) bond motifs is 1. The van der Waals surface area contributed by atoms with Crippen LogP contribution in [-0.4, -0.2) is 39.2 Å². The van der Waals surface area contributed by atoms with Crippen molar-refractivity contribution in [1.29, 1.82) is 0 Å². The molecule has 1 unspecified atom stereocenters. The fourth-order valence-electron chi connectivity index (χ4n) is 3.45. The molecule has 1 aliphatic heterocycles. The molecule has 6 nitrogen and oxygen atoms in total. The van der Waals surface area contributed by atoms with E-state index in [1.165, 1.54) is 22.5 Å². The summed E-state index contributed by atoms with van der Waals surface area (Å²) < 4.78 is 39.4. The lowest BCUT2D eigenvalue weighted by molar-refractivity contribution is -0.160. The van der Waals surface area contributed by atoms with E-state index in [1.54, 1.807) is 32.9 Å². The summed E-state index contributed by atoms with van der Waals surface area (Å²) in [6.45, 7) is 5.11. The van der Waals surface area contributed by atoms with Gasteiger partial charge < -0.3 is 9.47 Å². The van der Waals surface area contributed by atoms with Crippen molar-refractivity contribution in [3.63, 3.8) is 0 Å². The number of nitrogens with zero attached hydrogens (tertiary/aromatic N) is 1. The Kier molecular flexibility index (Phi) is 7.21. The SMILES string of the molecule is CC(C)(C)OC(=O)COCC1CCc2ccccc2N1S(=O)(=O)c1ccc(Cl)c(Cl)c1. The van der Waals surface area contributed by atoms with E-state index >= 15 is 0 Å². The first-order chi connectivity index (χ1) is 14.5. The molecule has 2 aromatic carbocycles. The minimum Gasteiger partial charge on any atom is -0.458 e. The van der Waals surface area contributed by atoms with Gasteiger partial charge in [0.05, 0.1) is 33.3 Å². The van der Waals surface area contributed by atoms with Crippen molar-refractivity contribution in [2.24, 2.45) is 0 Å². The van der Waals surface area contributed by atoms with Crippen LogP contribution < -0.4 is 4.31 Å². The molecule has 2 aromatic rings. The average Bonchev–Trinajstić information content (AvgIpc) is 2.68. The molecule has 0 fully saturated rings. The summed E-state index contributed by atoms with van der Waals surface area (Å²) >= 11 is 12.0. The van der Waals surface area contributed by atoms with Crippen LogP contribution in [0.2, 0.25) is 10.0 Å². The summed E-state index contributed by atoms with van der Waals surface area (Å²) in [4.78, 5) is 12.0. The molecule has 0 aromatic heterocycles. The number of carbonyl (C=O) groups excluding carboxylic acids is 1. The molecule has 0 saturated heterocycles. The van der Waals surface area contributed by atoms with Gasteiger partial charge in [-0.2, -0.15) is 0 Å². The van der Waals surface area contributed by atoms with Crippen molar-refractivity contribution >= 4 is 44.9 Å². The Balaban J connectivity index is 1.87. The first kappa shape index (κ1) is 23.9. The number of hydrogen-bond donors (Lipinski definition) is 0. The van der Waals surface area contributed by atoms with Gasteiger partial charge in [0, 0.05) is 0 Å². The predicted molar refractivity (Wildman–Crippen MR) is 121 cm³/mol. The van der Waals surface area contributed by atoms with Gasteiger partial charge in [0.15, 0.2) is 0 Å². The van der Waals surface area contributed by atoms with Crippen LogP contribution in [0, 0.1) is 0 Å². The van der Waals surface area contributed by atoms with Crippen molar-refractivity contribution in [3.8, 4) is 0 Å². The lowest BCUT2D eigenvalue weighted by Crippen LogP contribution is -2.46. The lowest BCUT2D eigenvalue weighted by Gasteiger charge is -2.37. The molecule has 1 heterocycles. The van der Waals surface area contributed by atoms with Gasteiger partial charge in [0.1, 0.15) is 12.2 Å². The number of aryl methyl sites for hydroxylation is 1. The highest BCUT2D eigenvalue weighted by molar-refractivity contribution is 7.92. The summed E-state index contributed by atoms with van der Waals surface area (Å²) in [5.74, 6) is -0.498. The molecule has 1 aliphatic rings. The third-order valence-electron chi connectivity index (χ3n) is 4.71. The lowest BCUT2D eigenvalue weighted by atomic mass is 9.98. The zero-order valence-corrected chi connectivity index (χ0v) is 19.9. The first-order valence-corrected chi connectivity index (χ1v) is 12.1. The van der Waals surface area contributed by atoms with Crippen LogP contribution >= 0.6 is 23.2 Å². The molecule has 0 saturated carbocycles. The van der Waals surface area contributed by atoms with Crippen LogP contribution in [0.5, 0.6) is 0 Å². The summed E-state index contributed by atoms with van der Waals surface area (Å²) in [5.41, 5.74) is 0.896. The molecular weight excluding hydrogens is 461 g/mol. The Morgan fingerprint density at radius 3 is 2.52 bits per heavy atom. The summed E-state index contributed by atoms with van der Waals surface area (Å²) in [7, 11) is -3.95. The topological polar surface area (TPSA) is 72.9 Å². The first-order valence-electron chi connectivity index (χ1n) is 9.86. The van der Waals surface area contributed by atoms with E-state index < -0.39 is 27.6 Å². The van der Waals surface area contributed by atoms with Crippen molar-refractivity contribution in [1.82, 2.24) is 0 Å². The molecule has 0 aliphatic carbocycles. The van der Waals surface area contributed by atoms with E-state index in [0.717, 1.165) is 5.56 Å². The quantitative estimate of drug-likeness (QED) is 0.546. The zero-order valence-electron chi connectivity index (χ0n) is 17.6. The average molecular weight is 486 g/mol. The van der Waals surface area contributed by atoms with Gasteiger partial charge in [-0.15, -0.1) is 0 Å². The number of ether oxygens (including phenoxy) is 2. The monoisotopic (exact) mass is 485 g/mol. The van der Waals surface area contributed by atoms with E-state index in [-0.39, 0.29) is 28.2 Å². The van der Waals surface area contributed by atoms with Gasteiger partial charge in [-0.05, 0) is 63.4 Å². The Bertz CT molecular complexity index is 1070. The highest BCUT2D eigenvalue weighted by Gasteiger charge is 2.36. The third-order valence-corrected chi connectivity index (χ3v) is 7.31. The van der Waals surface area contributed by atoms with Crippen molar-refractivity contribution in [2.75, 3.05) is 17.5 Å². The van der Waals surface area contributed by atoms with Gasteiger partial charge in [-0.25, -0.2) is 13.2 Å². The number of benzene rings is 2. The number of esters is 1. The van der Waals surface area contributed by atoms with Crippen LogP contribution in [0.3, 0.4) is 0 Å². The highest BCUT2D eigenvalue weighted by Crippen LogP contribution is 2.36. The van der Waals surface area contributed by atoms with Gasteiger partial charge in [0.25, 0.3) is 10.0 Å². The maximum atomic E-state index is 13.6. The van der Waals surface area contributed by atoms with Gasteiger partial charge in [0.2, 0.25) is 0 Å². The number of para-hydroxylation sites is 1. The normalized spacial score (nSPS) is 16.7. The molecular formula is C22H25Cl2NO5S. The van der Waals surface area contributed by atoms with Gasteiger partial charge in [-0.3, -0.25) is 4.31 Å². The van der Waals surface area contributed by atoms with E-state index in [9.17, 15) is 13.2 Å². The molecule has 0 bridgehead atoms. The largest absolute Gasteiger partial charge is 0.458 e. The molecule has 0 spiro atoms. The van der Waals surface area contributed by atoms with Crippen molar-refractivity contribution < 1.29 is 22.7 Å². The minimum atomic E-state index is -3.95. The van der Waals surface area contributed by atoms with Crippen molar-refractivity contribution in [3.05, 3.63) is 58.1 Å². The Morgan fingerprint density at radius 2 is 1.84 bits per heavy atom. The number of sulfonamides is 1. The second-order valence-electron chi connectivity index (χ2n) is 8.30. The van der Waals surface area contributed by atoms with Crippen LogP contribution in [0.15, 0.2) is 47.4 Å². The molecule has 0 N–H and O–H groups in total. The Labute approximate surface area is 193 Å². The minimum absolute atomic E-state index is 0.0377. The maximum absolute atomic E-state index is 13.6. The second-order valence-corrected chi connectivity index (χ2v) is 10.9. The van der Waals surface area contributed by atoms with Crippen LogP contribution in [0.1, 0.15) is 32.8 Å². The van der Waals surface area contributed by atoms with Crippen LogP contribution in [0.25, 0.3) is 0 Å². The van der Waals surface area contributed by atoms with Gasteiger partial charge >= 0.3 is 5.97 Å². The smallest absolute Gasteiger partial charge is 0.332 e. The molecule has 3 rings (SSSR count). The molecule has 9 heteroatoms. The standard InChI is InChI=1S/C22H25Cl2NO5S/c1-22(2,3)30-21(26)14-29-13-16-9-8-15-6-4-5-7-20(15)25(16)31(27,28)17-10-11-18(23)19(24)12-17/h4-7,10-12,16H,8-9,13-14H2,1-3H3. The van der Waals surface area contributed by atoms with Crippen LogP contribution in [-0.2, 0) is 30.7 Å². The van der Waals surface area contributed by atoms with E-state index in [2.05, 4.69) is 0 Å². The Hall–Kier alpha value is -1.80.